The molecule has 10 nitrogen and oxygen atoms in total. The van der Waals surface area contributed by atoms with Crippen LogP contribution in [0.5, 0.6) is 0 Å². The summed E-state index contributed by atoms with van der Waals surface area (Å²) in [5.74, 6) is 0. The van der Waals surface area contributed by atoms with Crippen LogP contribution >= 0.6 is 0 Å². The third-order valence-electron chi connectivity index (χ3n) is 1.87. The van der Waals surface area contributed by atoms with E-state index in [2.05, 4.69) is 0 Å². The van der Waals surface area contributed by atoms with E-state index in [9.17, 15) is 33.7 Å². The fourth-order valence-corrected chi connectivity index (χ4v) is 4.11. The van der Waals surface area contributed by atoms with Crippen LogP contribution in [0.2, 0.25) is 0 Å². The van der Waals surface area contributed by atoms with Gasteiger partial charge in [0, 0.05) is 0 Å². The molecule has 0 radical (unpaired) electrons. The molecular formula is C5H4N2O8S4. The van der Waals surface area contributed by atoms with Gasteiger partial charge in [-0.3, -0.25) is 0 Å². The number of hydrogen-bond acceptors (Lipinski definition) is 8. The summed E-state index contributed by atoms with van der Waals surface area (Å²) in [5.41, 5.74) is 0. The molecule has 0 spiro atoms. The zero-order valence-corrected chi connectivity index (χ0v) is 12.1. The highest BCUT2D eigenvalue weighted by Crippen LogP contribution is 1.99. The average molecular weight is 348 g/mol. The number of likely N-dealkylation sites (N-methyl/N-ethyl adjacent to an activating group) is 1. The van der Waals surface area contributed by atoms with E-state index in [1.807, 2.05) is 0 Å². The van der Waals surface area contributed by atoms with Crippen LogP contribution in [-0.4, -0.2) is 65.6 Å². The van der Waals surface area contributed by atoms with Gasteiger partial charge in [-0.05, 0) is 7.05 Å². The van der Waals surface area contributed by atoms with Gasteiger partial charge in [0.1, 0.15) is 0 Å². The maximum atomic E-state index is 10.9. The summed E-state index contributed by atoms with van der Waals surface area (Å²) in [7, 11) is -11.5. The van der Waals surface area contributed by atoms with Gasteiger partial charge < -0.3 is 0 Å². The molecule has 19 heavy (non-hydrogen) atoms. The predicted octanol–water partition coefficient (Wildman–Crippen LogP) is -4.44. The Hall–Kier alpha value is -1.32. The zero-order valence-electron chi connectivity index (χ0n) is 8.85. The van der Waals surface area contributed by atoms with Crippen molar-refractivity contribution in [2.24, 2.45) is 0 Å². The van der Waals surface area contributed by atoms with E-state index in [1.165, 1.54) is 0 Å². The van der Waals surface area contributed by atoms with Gasteiger partial charge in [-0.1, -0.05) is 0 Å². The van der Waals surface area contributed by atoms with E-state index in [-0.39, 0.29) is 0 Å². The smallest absolute Gasteiger partial charge is 0.228 e. The van der Waals surface area contributed by atoms with Crippen molar-refractivity contribution >= 4 is 61.1 Å². The normalized spacial score (nSPS) is 16.5. The Morgan fingerprint density at radius 2 is 1.00 bits per heavy atom. The topological polar surface area (TPSA) is 152 Å². The van der Waals surface area contributed by atoms with Crippen LogP contribution in [0.3, 0.4) is 0 Å². The molecule has 1 heterocycles. The maximum absolute atomic E-state index is 10.9. The van der Waals surface area contributed by atoms with E-state index in [4.69, 9.17) is 0 Å². The Balaban J connectivity index is 4.06. The molecule has 0 aromatic rings. The summed E-state index contributed by atoms with van der Waals surface area (Å²) in [4.78, 5) is -3.34. The molecule has 1 saturated heterocycles. The molecule has 0 saturated carbocycles. The number of nitrogens with one attached hydrogen (secondary N) is 1. The first-order chi connectivity index (χ1) is 8.68. The molecule has 0 unspecified atom stereocenters. The quantitative estimate of drug-likeness (QED) is 0.424. The van der Waals surface area contributed by atoms with Gasteiger partial charge in [-0.2, -0.15) is 33.7 Å². The van der Waals surface area contributed by atoms with Crippen LogP contribution in [0, 0.1) is 0 Å². The Bertz CT molecular complexity index is 875. The predicted molar refractivity (Wildman–Crippen MR) is 66.6 cm³/mol. The third-order valence-corrected chi connectivity index (χ3v) is 4.98. The number of rotatable bonds is 0. The fourth-order valence-electron chi connectivity index (χ4n) is 1.21. The van der Waals surface area contributed by atoms with Gasteiger partial charge in [0.05, 0.1) is 0 Å². The Morgan fingerprint density at radius 1 is 0.684 bits per heavy atom. The monoisotopic (exact) mass is 348 g/mol. The van der Waals surface area contributed by atoms with Crippen LogP contribution in [0.1, 0.15) is 0 Å². The first-order valence-corrected chi connectivity index (χ1v) is 8.34. The van der Waals surface area contributed by atoms with E-state index >= 15 is 0 Å². The van der Waals surface area contributed by atoms with Gasteiger partial charge in [0.25, 0.3) is 0 Å². The SMILES string of the molecule is CN1C(=S(=O)=O)C(=S(=O)=O)NC(=S(=O)=O)C1=S(=O)=O. The lowest BCUT2D eigenvalue weighted by Crippen LogP contribution is -2.58. The molecule has 0 aromatic heterocycles. The minimum absolute atomic E-state index is 0.430. The minimum atomic E-state index is -3.11. The molecule has 0 aliphatic carbocycles. The highest BCUT2D eigenvalue weighted by atomic mass is 32.2. The van der Waals surface area contributed by atoms with Gasteiger partial charge in [0.2, 0.25) is 41.2 Å². The molecule has 0 amide bonds. The Morgan fingerprint density at radius 3 is 1.21 bits per heavy atom. The summed E-state index contributed by atoms with van der Waals surface area (Å²) < 4.78 is 87.2. The third kappa shape index (κ3) is 2.99. The first kappa shape index (κ1) is 15.7. The summed E-state index contributed by atoms with van der Waals surface area (Å²) >= 11 is 0. The maximum Gasteiger partial charge on any atom is 0.235 e. The second-order valence-electron chi connectivity index (χ2n) is 2.89. The first-order valence-electron chi connectivity index (χ1n) is 4.04. The van der Waals surface area contributed by atoms with Crippen molar-refractivity contribution in [3.8, 4) is 0 Å². The van der Waals surface area contributed by atoms with Crippen molar-refractivity contribution in [1.29, 1.82) is 0 Å². The lowest BCUT2D eigenvalue weighted by molar-refractivity contribution is 0.619. The second kappa shape index (κ2) is 5.76. The van der Waals surface area contributed by atoms with Crippen molar-refractivity contribution in [2.75, 3.05) is 7.05 Å². The molecule has 14 heteroatoms. The highest BCUT2D eigenvalue weighted by molar-refractivity contribution is 7.85. The summed E-state index contributed by atoms with van der Waals surface area (Å²) in [6.45, 7) is 0. The number of nitrogens with zero attached hydrogens (tertiary/aromatic N) is 1. The van der Waals surface area contributed by atoms with E-state index < -0.39 is 61.1 Å². The molecule has 1 N–H and O–H groups in total. The molecule has 1 aliphatic rings. The molecule has 0 bridgehead atoms. The number of hydrogen-bond donors (Lipinski definition) is 1. The standard InChI is InChI=1S/C5H4N2O8S4/c1-7-4(18(12)13)2(16(8)9)6-3(17(10)11)5(7)19(14)15/h6H,1H3. The minimum Gasteiger partial charge on any atom is -0.228 e. The van der Waals surface area contributed by atoms with Crippen LogP contribution in [0.15, 0.2) is 0 Å². The number of piperazine rings is 1. The van der Waals surface area contributed by atoms with Crippen LogP contribution in [0.25, 0.3) is 0 Å². The van der Waals surface area contributed by atoms with E-state index in [1.54, 1.807) is 5.32 Å². The van der Waals surface area contributed by atoms with Gasteiger partial charge >= 0.3 is 0 Å². The molecule has 0 atom stereocenters. The van der Waals surface area contributed by atoms with Crippen molar-refractivity contribution in [3.05, 3.63) is 0 Å². The molecule has 106 valence electrons. The second-order valence-corrected chi connectivity index (χ2v) is 6.36. The average Bonchev–Trinajstić information content (AvgIpc) is 2.25. The van der Waals surface area contributed by atoms with Crippen LogP contribution in [-0.2, 0) is 41.2 Å². The van der Waals surface area contributed by atoms with Crippen LogP contribution in [0.4, 0.5) is 0 Å². The molecular weight excluding hydrogens is 344 g/mol. The molecule has 0 aromatic carbocycles. The van der Waals surface area contributed by atoms with E-state index in [0.717, 1.165) is 7.05 Å². The van der Waals surface area contributed by atoms with Crippen molar-refractivity contribution < 1.29 is 33.7 Å². The molecule has 1 rings (SSSR count). The Labute approximate surface area is 112 Å². The van der Waals surface area contributed by atoms with Crippen molar-refractivity contribution in [2.45, 2.75) is 0 Å². The highest BCUT2D eigenvalue weighted by Gasteiger charge is 2.34. The Kier molecular flexibility index (Phi) is 4.77. The summed E-state index contributed by atoms with van der Waals surface area (Å²) in [5, 5.41) is 1.75. The van der Waals surface area contributed by atoms with E-state index in [0.29, 0.717) is 4.90 Å². The van der Waals surface area contributed by atoms with Crippen molar-refractivity contribution in [1.82, 2.24) is 10.2 Å². The van der Waals surface area contributed by atoms with Crippen LogP contribution < -0.4 is 5.32 Å². The molecule has 1 aliphatic heterocycles. The molecule has 1 fully saturated rings. The fraction of sp³-hybridized carbons (Fsp3) is 0.200. The summed E-state index contributed by atoms with van der Waals surface area (Å²) in [6.07, 6.45) is 0. The zero-order chi connectivity index (χ0) is 14.9. The lowest BCUT2D eigenvalue weighted by Gasteiger charge is -2.23. The van der Waals surface area contributed by atoms with Gasteiger partial charge in [0.15, 0.2) is 20.0 Å². The largest absolute Gasteiger partial charge is 0.235 e. The van der Waals surface area contributed by atoms with Gasteiger partial charge in [-0.25, -0.2) is 10.2 Å². The summed E-state index contributed by atoms with van der Waals surface area (Å²) in [6, 6.07) is 0. The van der Waals surface area contributed by atoms with Crippen molar-refractivity contribution in [3.63, 3.8) is 0 Å². The van der Waals surface area contributed by atoms with Gasteiger partial charge in [-0.15, -0.1) is 0 Å². The lowest BCUT2D eigenvalue weighted by atomic mass is 10.4.